The van der Waals surface area contributed by atoms with Crippen molar-refractivity contribution < 1.29 is 9.53 Å². The fourth-order valence-corrected chi connectivity index (χ4v) is 3.56. The van der Waals surface area contributed by atoms with Crippen LogP contribution in [0.15, 0.2) is 48.5 Å². The molecule has 1 aromatic heterocycles. The number of carbonyl (C=O) groups is 1. The highest BCUT2D eigenvalue weighted by Crippen LogP contribution is 2.35. The molecule has 0 aliphatic carbocycles. The lowest BCUT2D eigenvalue weighted by Gasteiger charge is -2.30. The maximum Gasteiger partial charge on any atom is 0.323 e. The molecule has 0 fully saturated rings. The van der Waals surface area contributed by atoms with Crippen LogP contribution in [0.5, 0.6) is 0 Å². The summed E-state index contributed by atoms with van der Waals surface area (Å²) in [7, 11) is 1.42. The summed E-state index contributed by atoms with van der Waals surface area (Å²) in [5.74, 6) is 2.38. The van der Waals surface area contributed by atoms with Crippen LogP contribution in [0.25, 0.3) is 10.9 Å². The van der Waals surface area contributed by atoms with Crippen molar-refractivity contribution in [1.29, 1.82) is 0 Å². The number of methoxy groups -OCH3 is 1. The zero-order valence-electron chi connectivity index (χ0n) is 13.9. The summed E-state index contributed by atoms with van der Waals surface area (Å²) in [6.45, 7) is 0. The lowest BCUT2D eigenvalue weighted by atomic mass is 9.90. The molecule has 124 valence electrons. The molecular weight excluding hydrogens is 312 g/mol. The van der Waals surface area contributed by atoms with Gasteiger partial charge in [0.15, 0.2) is 0 Å². The van der Waals surface area contributed by atoms with Gasteiger partial charge in [-0.25, -0.2) is 0 Å². The minimum absolute atomic E-state index is 0.118. The van der Waals surface area contributed by atoms with Crippen molar-refractivity contribution in [3.05, 3.63) is 70.9 Å². The molecule has 1 aliphatic rings. The minimum atomic E-state index is -0.381. The summed E-state index contributed by atoms with van der Waals surface area (Å²) < 4.78 is 4.98. The third-order valence-corrected chi connectivity index (χ3v) is 4.81. The molecule has 0 bridgehead atoms. The van der Waals surface area contributed by atoms with E-state index in [1.165, 1.54) is 7.11 Å². The van der Waals surface area contributed by atoms with Crippen molar-refractivity contribution >= 4 is 16.9 Å². The maximum atomic E-state index is 12.2. The van der Waals surface area contributed by atoms with Crippen molar-refractivity contribution in [3.8, 4) is 12.3 Å². The van der Waals surface area contributed by atoms with Gasteiger partial charge < -0.3 is 9.72 Å². The van der Waals surface area contributed by atoms with Gasteiger partial charge in [-0.15, -0.1) is 6.42 Å². The van der Waals surface area contributed by atoms with E-state index in [1.54, 1.807) is 0 Å². The number of ether oxygens (including phenoxy) is 1. The molecule has 2 atom stereocenters. The van der Waals surface area contributed by atoms with Crippen LogP contribution in [0.1, 0.15) is 28.4 Å². The zero-order valence-corrected chi connectivity index (χ0v) is 13.9. The minimum Gasteiger partial charge on any atom is -0.468 e. The Morgan fingerprint density at radius 2 is 1.96 bits per heavy atom. The molecule has 2 unspecified atom stereocenters. The predicted molar refractivity (Wildman–Crippen MR) is 97.2 cm³/mol. The molecule has 2 heterocycles. The molecule has 0 spiro atoms. The summed E-state index contributed by atoms with van der Waals surface area (Å²) >= 11 is 0. The van der Waals surface area contributed by atoms with E-state index < -0.39 is 0 Å². The van der Waals surface area contributed by atoms with Gasteiger partial charge in [0.05, 0.1) is 13.2 Å². The molecule has 0 saturated heterocycles. The Labute approximate surface area is 146 Å². The number of terminal acetylenes is 1. The monoisotopic (exact) mass is 330 g/mol. The SMILES string of the molecule is C#Cc1ccc(C2NC(C(=O)OC)Cc3c2[nH]c2ccccc32)cc1. The third-order valence-electron chi connectivity index (χ3n) is 4.81. The molecular formula is C21H18N2O2. The van der Waals surface area contributed by atoms with Gasteiger partial charge in [0.25, 0.3) is 0 Å². The van der Waals surface area contributed by atoms with Crippen molar-refractivity contribution in [3.63, 3.8) is 0 Å². The summed E-state index contributed by atoms with van der Waals surface area (Å²) in [6, 6.07) is 15.5. The summed E-state index contributed by atoms with van der Waals surface area (Å²) in [6.07, 6.45) is 6.05. The zero-order chi connectivity index (χ0) is 17.4. The highest BCUT2D eigenvalue weighted by atomic mass is 16.5. The topological polar surface area (TPSA) is 54.1 Å². The van der Waals surface area contributed by atoms with Crippen molar-refractivity contribution in [1.82, 2.24) is 10.3 Å². The van der Waals surface area contributed by atoms with E-state index >= 15 is 0 Å². The molecule has 0 saturated carbocycles. The summed E-state index contributed by atoms with van der Waals surface area (Å²) in [5, 5.41) is 4.57. The molecule has 4 nitrogen and oxygen atoms in total. The first-order chi connectivity index (χ1) is 12.2. The van der Waals surface area contributed by atoms with Crippen LogP contribution in [-0.4, -0.2) is 24.1 Å². The first-order valence-corrected chi connectivity index (χ1v) is 8.21. The first kappa shape index (κ1) is 15.5. The van der Waals surface area contributed by atoms with Crippen LogP contribution >= 0.6 is 0 Å². The lowest BCUT2D eigenvalue weighted by molar-refractivity contribution is -0.143. The molecule has 1 aliphatic heterocycles. The van der Waals surface area contributed by atoms with Gasteiger partial charge in [-0.1, -0.05) is 36.3 Å². The van der Waals surface area contributed by atoms with Crippen LogP contribution in [-0.2, 0) is 16.0 Å². The summed E-state index contributed by atoms with van der Waals surface area (Å²) in [5.41, 5.74) is 5.22. The number of para-hydroxylation sites is 1. The number of fused-ring (bicyclic) bond motifs is 3. The van der Waals surface area contributed by atoms with Gasteiger partial charge in [0.1, 0.15) is 6.04 Å². The fourth-order valence-electron chi connectivity index (χ4n) is 3.56. The van der Waals surface area contributed by atoms with Gasteiger partial charge >= 0.3 is 5.97 Å². The highest BCUT2D eigenvalue weighted by molar-refractivity contribution is 5.87. The van der Waals surface area contributed by atoms with E-state index in [0.717, 1.165) is 33.3 Å². The van der Waals surface area contributed by atoms with Gasteiger partial charge in [0.2, 0.25) is 0 Å². The first-order valence-electron chi connectivity index (χ1n) is 8.21. The standard InChI is InChI=1S/C21H18N2O2/c1-3-13-8-10-14(11-9-13)19-20-16(12-18(23-19)21(24)25-2)15-6-4-5-7-17(15)22-20/h1,4-11,18-19,22-23H,12H2,2H3. The fraction of sp³-hybridized carbons (Fsp3) is 0.190. The van der Waals surface area contributed by atoms with E-state index in [1.807, 2.05) is 36.4 Å². The number of hydrogen-bond acceptors (Lipinski definition) is 3. The number of aromatic amines is 1. The molecule has 2 N–H and O–H groups in total. The smallest absolute Gasteiger partial charge is 0.323 e. The Hall–Kier alpha value is -3.03. The predicted octanol–water partition coefficient (Wildman–Crippen LogP) is 2.93. The van der Waals surface area contributed by atoms with Crippen molar-refractivity contribution in [2.45, 2.75) is 18.5 Å². The number of aromatic nitrogens is 1. The van der Waals surface area contributed by atoms with Crippen LogP contribution < -0.4 is 5.32 Å². The normalized spacial score (nSPS) is 19.2. The third kappa shape index (κ3) is 2.59. The number of rotatable bonds is 2. The van der Waals surface area contributed by atoms with E-state index in [4.69, 9.17) is 11.2 Å². The van der Waals surface area contributed by atoms with E-state index in [2.05, 4.69) is 28.4 Å². The van der Waals surface area contributed by atoms with Gasteiger partial charge in [-0.05, 0) is 29.3 Å². The maximum absolute atomic E-state index is 12.2. The largest absolute Gasteiger partial charge is 0.468 e. The molecule has 3 aromatic rings. The van der Waals surface area contributed by atoms with Crippen molar-refractivity contribution in [2.75, 3.05) is 7.11 Å². The second-order valence-corrected chi connectivity index (χ2v) is 6.21. The molecule has 4 heteroatoms. The van der Waals surface area contributed by atoms with Gasteiger partial charge in [-0.3, -0.25) is 10.1 Å². The van der Waals surface area contributed by atoms with E-state index in [0.29, 0.717) is 6.42 Å². The Morgan fingerprint density at radius 3 is 2.68 bits per heavy atom. The quantitative estimate of drug-likeness (QED) is 0.561. The Bertz CT molecular complexity index is 979. The van der Waals surface area contributed by atoms with Gasteiger partial charge in [-0.2, -0.15) is 0 Å². The Morgan fingerprint density at radius 1 is 1.20 bits per heavy atom. The molecule has 0 radical (unpaired) electrons. The molecule has 25 heavy (non-hydrogen) atoms. The lowest BCUT2D eigenvalue weighted by Crippen LogP contribution is -2.45. The van der Waals surface area contributed by atoms with E-state index in [-0.39, 0.29) is 18.1 Å². The number of hydrogen-bond donors (Lipinski definition) is 2. The molecule has 2 aromatic carbocycles. The van der Waals surface area contributed by atoms with Gasteiger partial charge in [0, 0.05) is 28.6 Å². The van der Waals surface area contributed by atoms with Crippen LogP contribution in [0.2, 0.25) is 0 Å². The highest BCUT2D eigenvalue weighted by Gasteiger charge is 2.34. The second kappa shape index (κ2) is 6.12. The number of carbonyl (C=O) groups excluding carboxylic acids is 1. The van der Waals surface area contributed by atoms with Crippen LogP contribution in [0.4, 0.5) is 0 Å². The van der Waals surface area contributed by atoms with E-state index in [9.17, 15) is 4.79 Å². The number of esters is 1. The molecule has 4 rings (SSSR count). The Balaban J connectivity index is 1.85. The van der Waals surface area contributed by atoms with Crippen LogP contribution in [0.3, 0.4) is 0 Å². The van der Waals surface area contributed by atoms with Crippen LogP contribution in [0, 0.1) is 12.3 Å². The second-order valence-electron chi connectivity index (χ2n) is 6.21. The van der Waals surface area contributed by atoms with Crippen molar-refractivity contribution in [2.24, 2.45) is 0 Å². The summed E-state index contributed by atoms with van der Waals surface area (Å²) in [4.78, 5) is 15.7. The average molecular weight is 330 g/mol. The average Bonchev–Trinajstić information content (AvgIpc) is 3.05. The Kier molecular flexibility index (Phi) is 3.79. The number of nitrogens with one attached hydrogen (secondary N) is 2. The number of benzene rings is 2. The molecule has 0 amide bonds. The number of H-pyrrole nitrogens is 1.